The summed E-state index contributed by atoms with van der Waals surface area (Å²) >= 11 is 4.78. The molecule has 0 radical (unpaired) electrons. The Morgan fingerprint density at radius 1 is 1.38 bits per heavy atom. The Hall–Kier alpha value is -1.74. The number of alkyl halides is 1. The monoisotopic (exact) mass is 442 g/mol. The molecule has 2 aliphatic heterocycles. The van der Waals surface area contributed by atoms with Crippen molar-refractivity contribution < 1.29 is 23.9 Å². The molecule has 0 spiro atoms. The number of methoxy groups -OCH3 is 1. The summed E-state index contributed by atoms with van der Waals surface area (Å²) in [4.78, 5) is 38.4. The molecule has 0 bridgehead atoms. The van der Waals surface area contributed by atoms with E-state index in [4.69, 9.17) is 9.47 Å². The maximum absolute atomic E-state index is 12.8. The van der Waals surface area contributed by atoms with Gasteiger partial charge in [0.2, 0.25) is 5.91 Å². The summed E-state index contributed by atoms with van der Waals surface area (Å²) in [5.74, 6) is -0.0761. The normalized spacial score (nSPS) is 26.3. The lowest BCUT2D eigenvalue weighted by molar-refractivity contribution is -0.161. The van der Waals surface area contributed by atoms with Crippen LogP contribution in [0.2, 0.25) is 0 Å². The van der Waals surface area contributed by atoms with Crippen LogP contribution in [0.5, 0.6) is 5.75 Å². The highest BCUT2D eigenvalue weighted by Gasteiger charge is 2.58. The Balaban J connectivity index is 1.66. The van der Waals surface area contributed by atoms with Crippen LogP contribution in [0.1, 0.15) is 6.92 Å². The molecule has 9 heteroatoms. The van der Waals surface area contributed by atoms with Gasteiger partial charge in [0.15, 0.2) is 5.60 Å². The van der Waals surface area contributed by atoms with Crippen molar-refractivity contribution in [1.29, 1.82) is 0 Å². The van der Waals surface area contributed by atoms with E-state index in [1.54, 1.807) is 19.1 Å². The van der Waals surface area contributed by atoms with Gasteiger partial charge in [-0.3, -0.25) is 9.59 Å². The predicted molar refractivity (Wildman–Crippen MR) is 100 cm³/mol. The molecule has 1 N–H and O–H groups in total. The molecular weight excluding hydrogens is 424 g/mol. The number of β-lactam (4-membered cyclic amide) rings is 1. The van der Waals surface area contributed by atoms with Crippen molar-refractivity contribution in [2.45, 2.75) is 30.0 Å². The van der Waals surface area contributed by atoms with Crippen molar-refractivity contribution in [2.24, 2.45) is 0 Å². The minimum Gasteiger partial charge on any atom is -0.477 e. The minimum atomic E-state index is -1.17. The van der Waals surface area contributed by atoms with E-state index in [1.165, 1.54) is 23.8 Å². The van der Waals surface area contributed by atoms with Crippen LogP contribution in [0.25, 0.3) is 0 Å². The van der Waals surface area contributed by atoms with Gasteiger partial charge in [-0.2, -0.15) is 0 Å². The summed E-state index contributed by atoms with van der Waals surface area (Å²) in [6.07, 6.45) is 0. The Morgan fingerprint density at radius 3 is 2.69 bits per heavy atom. The highest BCUT2D eigenvalue weighted by molar-refractivity contribution is 9.09. The molecule has 2 heterocycles. The third-order valence-corrected chi connectivity index (χ3v) is 6.84. The number of para-hydroxylation sites is 1. The van der Waals surface area contributed by atoms with Gasteiger partial charge in [-0.05, 0) is 19.1 Å². The SMILES string of the molecule is COC(=O)C1CSC2C(NC(=O)C(C)(CBr)Oc3ccccc3)C(=O)N12. The van der Waals surface area contributed by atoms with Crippen LogP contribution < -0.4 is 10.1 Å². The number of esters is 1. The highest BCUT2D eigenvalue weighted by Crippen LogP contribution is 2.40. The van der Waals surface area contributed by atoms with Crippen LogP contribution in [0, 0.1) is 0 Å². The molecule has 0 aromatic heterocycles. The van der Waals surface area contributed by atoms with E-state index in [9.17, 15) is 14.4 Å². The highest BCUT2D eigenvalue weighted by atomic mass is 79.9. The molecule has 3 rings (SSSR count). The van der Waals surface area contributed by atoms with Crippen LogP contribution in [-0.4, -0.2) is 63.9 Å². The summed E-state index contributed by atoms with van der Waals surface area (Å²) in [7, 11) is 1.30. The molecule has 2 saturated heterocycles. The van der Waals surface area contributed by atoms with Crippen molar-refractivity contribution in [3.8, 4) is 5.75 Å². The number of hydrogen-bond acceptors (Lipinski definition) is 6. The van der Waals surface area contributed by atoms with Gasteiger partial charge in [-0.15, -0.1) is 11.8 Å². The fourth-order valence-corrected chi connectivity index (χ4v) is 4.73. The van der Waals surface area contributed by atoms with Gasteiger partial charge in [0, 0.05) is 5.75 Å². The maximum atomic E-state index is 12.8. The van der Waals surface area contributed by atoms with Gasteiger partial charge in [0.25, 0.3) is 5.91 Å². The lowest BCUT2D eigenvalue weighted by atomic mass is 10.0. The molecule has 26 heavy (non-hydrogen) atoms. The zero-order valence-corrected chi connectivity index (χ0v) is 16.7. The number of carbonyl (C=O) groups excluding carboxylic acids is 3. The van der Waals surface area contributed by atoms with Crippen molar-refractivity contribution in [2.75, 3.05) is 18.2 Å². The van der Waals surface area contributed by atoms with Crippen LogP contribution in [-0.2, 0) is 19.1 Å². The molecule has 140 valence electrons. The molecule has 2 aliphatic rings. The standard InChI is InChI=1S/C17H19BrN2O5S/c1-17(9-18,25-10-6-4-3-5-7-10)16(23)19-12-13(21)20-11(15(22)24-2)8-26-14(12)20/h3-7,11-12,14H,8-9H2,1-2H3,(H,19,23). The molecule has 0 aliphatic carbocycles. The summed E-state index contributed by atoms with van der Waals surface area (Å²) < 4.78 is 10.6. The molecule has 0 saturated carbocycles. The third kappa shape index (κ3) is 3.29. The van der Waals surface area contributed by atoms with Crippen molar-refractivity contribution >= 4 is 45.5 Å². The summed E-state index contributed by atoms with van der Waals surface area (Å²) in [5.41, 5.74) is -1.17. The summed E-state index contributed by atoms with van der Waals surface area (Å²) in [6.45, 7) is 1.66. The number of fused-ring (bicyclic) bond motifs is 1. The first-order valence-electron chi connectivity index (χ1n) is 8.04. The average Bonchev–Trinajstić information content (AvgIpc) is 3.06. The van der Waals surface area contributed by atoms with E-state index >= 15 is 0 Å². The van der Waals surface area contributed by atoms with Gasteiger partial charge in [-0.25, -0.2) is 4.79 Å². The molecule has 2 amide bonds. The first-order valence-corrected chi connectivity index (χ1v) is 10.2. The number of benzene rings is 1. The van der Waals surface area contributed by atoms with E-state index in [0.29, 0.717) is 11.5 Å². The van der Waals surface area contributed by atoms with Gasteiger partial charge in [0.1, 0.15) is 23.2 Å². The van der Waals surface area contributed by atoms with Crippen LogP contribution in [0.4, 0.5) is 0 Å². The first-order chi connectivity index (χ1) is 12.4. The summed E-state index contributed by atoms with van der Waals surface area (Å²) in [6, 6.07) is 7.76. The van der Waals surface area contributed by atoms with Crippen LogP contribution in [0.15, 0.2) is 30.3 Å². The Labute approximate surface area is 163 Å². The predicted octanol–water partition coefficient (Wildman–Crippen LogP) is 1.16. The molecule has 7 nitrogen and oxygen atoms in total. The average molecular weight is 443 g/mol. The number of amides is 2. The number of nitrogens with one attached hydrogen (secondary N) is 1. The van der Waals surface area contributed by atoms with Crippen molar-refractivity contribution in [3.63, 3.8) is 0 Å². The maximum Gasteiger partial charge on any atom is 0.329 e. The lowest BCUT2D eigenvalue weighted by Crippen LogP contribution is -2.72. The smallest absolute Gasteiger partial charge is 0.329 e. The number of nitrogens with zero attached hydrogens (tertiary/aromatic N) is 1. The van der Waals surface area contributed by atoms with Crippen LogP contribution in [0.3, 0.4) is 0 Å². The molecule has 4 unspecified atom stereocenters. The number of thioether (sulfide) groups is 1. The topological polar surface area (TPSA) is 84.9 Å². The number of carbonyl (C=O) groups is 3. The zero-order chi connectivity index (χ0) is 18.9. The largest absolute Gasteiger partial charge is 0.477 e. The van der Waals surface area contributed by atoms with E-state index in [2.05, 4.69) is 21.2 Å². The fraction of sp³-hybridized carbons (Fsp3) is 0.471. The molecule has 1 aromatic carbocycles. The Bertz CT molecular complexity index is 718. The fourth-order valence-electron chi connectivity index (χ4n) is 2.89. The number of halogens is 1. The third-order valence-electron chi connectivity index (χ3n) is 4.42. The van der Waals surface area contributed by atoms with E-state index in [1.807, 2.05) is 18.2 Å². The molecule has 1 aromatic rings. The minimum absolute atomic E-state index is 0.258. The van der Waals surface area contributed by atoms with E-state index in [-0.39, 0.29) is 16.6 Å². The van der Waals surface area contributed by atoms with Gasteiger partial charge < -0.3 is 19.7 Å². The second-order valence-electron chi connectivity index (χ2n) is 6.24. The Kier molecular flexibility index (Phi) is 5.47. The Morgan fingerprint density at radius 2 is 2.08 bits per heavy atom. The second-order valence-corrected chi connectivity index (χ2v) is 7.95. The van der Waals surface area contributed by atoms with Gasteiger partial charge in [0.05, 0.1) is 12.4 Å². The first kappa shape index (κ1) is 19.0. The molecular formula is C17H19BrN2O5S. The van der Waals surface area contributed by atoms with Gasteiger partial charge >= 0.3 is 5.97 Å². The van der Waals surface area contributed by atoms with E-state index in [0.717, 1.165) is 0 Å². The lowest BCUT2D eigenvalue weighted by Gasteiger charge is -2.44. The molecule has 2 fully saturated rings. The molecule has 4 atom stereocenters. The van der Waals surface area contributed by atoms with Crippen LogP contribution >= 0.6 is 27.7 Å². The van der Waals surface area contributed by atoms with Gasteiger partial charge in [-0.1, -0.05) is 34.1 Å². The number of hydrogen-bond donors (Lipinski definition) is 1. The zero-order valence-electron chi connectivity index (χ0n) is 14.3. The quantitative estimate of drug-likeness (QED) is 0.404. The second kappa shape index (κ2) is 7.48. The van der Waals surface area contributed by atoms with Crippen molar-refractivity contribution in [1.82, 2.24) is 10.2 Å². The summed E-state index contributed by atoms with van der Waals surface area (Å²) in [5, 5.41) is 2.77. The number of ether oxygens (including phenoxy) is 2. The number of rotatable bonds is 6. The van der Waals surface area contributed by atoms with Crippen molar-refractivity contribution in [3.05, 3.63) is 30.3 Å². The van der Waals surface area contributed by atoms with E-state index < -0.39 is 29.6 Å².